The zero-order valence-corrected chi connectivity index (χ0v) is 15.6. The van der Waals surface area contributed by atoms with Gasteiger partial charge in [0.2, 0.25) is 0 Å². The van der Waals surface area contributed by atoms with E-state index >= 15 is 0 Å². The van der Waals surface area contributed by atoms with Gasteiger partial charge in [0, 0.05) is 13.1 Å². The van der Waals surface area contributed by atoms with Gasteiger partial charge in [0.25, 0.3) is 0 Å². The van der Waals surface area contributed by atoms with E-state index in [1.165, 1.54) is 0 Å². The molecule has 2 aromatic carbocycles. The summed E-state index contributed by atoms with van der Waals surface area (Å²) in [6, 6.07) is 13.5. The maximum absolute atomic E-state index is 10.1. The van der Waals surface area contributed by atoms with Gasteiger partial charge in [-0.2, -0.15) is 0 Å². The fourth-order valence-corrected chi connectivity index (χ4v) is 2.47. The molecular weight excluding hydrogens is 330 g/mol. The number of aliphatic hydroxyl groups excluding tert-OH is 1. The number of methoxy groups -OCH3 is 2. The van der Waals surface area contributed by atoms with E-state index in [2.05, 4.69) is 5.32 Å². The third kappa shape index (κ3) is 6.10. The number of hydrogen-bond donors (Lipinski definition) is 2. The monoisotopic (exact) mass is 357 g/mol. The molecule has 26 heavy (non-hydrogen) atoms. The molecule has 2 N–H and O–H groups in total. The molecule has 0 saturated carbocycles. The average molecular weight is 357 g/mol. The molecule has 0 aliphatic carbocycles. The molecule has 0 aromatic heterocycles. The summed E-state index contributed by atoms with van der Waals surface area (Å²) >= 11 is 0. The van der Waals surface area contributed by atoms with Gasteiger partial charge in [-0.05, 0) is 42.3 Å². The van der Waals surface area contributed by atoms with Crippen molar-refractivity contribution in [2.45, 2.75) is 19.6 Å². The van der Waals surface area contributed by atoms with E-state index in [9.17, 15) is 5.11 Å². The molecule has 140 valence electrons. The van der Waals surface area contributed by atoms with Crippen LogP contribution in [0.25, 0.3) is 6.08 Å². The Hall–Kier alpha value is -2.50. The number of allylic oxidation sites excluding steroid dienone is 1. The summed E-state index contributed by atoms with van der Waals surface area (Å²) in [5.41, 5.74) is 2.17. The van der Waals surface area contributed by atoms with E-state index in [1.807, 2.05) is 61.5 Å². The van der Waals surface area contributed by atoms with Crippen LogP contribution in [0, 0.1) is 0 Å². The second-order valence-electron chi connectivity index (χ2n) is 5.85. The molecule has 5 heteroatoms. The van der Waals surface area contributed by atoms with Crippen molar-refractivity contribution in [3.8, 4) is 17.2 Å². The third-order valence-electron chi connectivity index (χ3n) is 3.85. The van der Waals surface area contributed by atoms with Gasteiger partial charge in [-0.3, -0.25) is 0 Å². The molecule has 2 aromatic rings. The average Bonchev–Trinajstić information content (AvgIpc) is 2.67. The van der Waals surface area contributed by atoms with Gasteiger partial charge in [-0.1, -0.05) is 30.4 Å². The van der Waals surface area contributed by atoms with Gasteiger partial charge in [-0.25, -0.2) is 0 Å². The first-order valence-electron chi connectivity index (χ1n) is 8.61. The van der Waals surface area contributed by atoms with Gasteiger partial charge in [0.15, 0.2) is 11.5 Å². The van der Waals surface area contributed by atoms with E-state index < -0.39 is 6.10 Å². The molecular formula is C21H27NO4. The Morgan fingerprint density at radius 2 is 1.81 bits per heavy atom. The highest BCUT2D eigenvalue weighted by Crippen LogP contribution is 2.28. The molecule has 0 fully saturated rings. The number of hydrogen-bond acceptors (Lipinski definition) is 5. The highest BCUT2D eigenvalue weighted by molar-refractivity contribution is 5.55. The summed E-state index contributed by atoms with van der Waals surface area (Å²) in [5, 5.41) is 13.3. The lowest BCUT2D eigenvalue weighted by Crippen LogP contribution is -2.31. The molecule has 0 spiro atoms. The summed E-state index contributed by atoms with van der Waals surface area (Å²) < 4.78 is 16.2. The number of ether oxygens (including phenoxy) is 3. The standard InChI is InChI=1S/C21H27NO4/c1-4-5-16-8-11-20(21(12-16)25-3)26-15-18(23)14-22-13-17-6-9-19(24-2)10-7-17/h4-12,18,22-23H,13-15H2,1-3H3/b5-4+. The highest BCUT2D eigenvalue weighted by atomic mass is 16.5. The quantitative estimate of drug-likeness (QED) is 0.683. The highest BCUT2D eigenvalue weighted by Gasteiger charge is 2.09. The van der Waals surface area contributed by atoms with Crippen molar-refractivity contribution in [3.63, 3.8) is 0 Å². The van der Waals surface area contributed by atoms with Crippen molar-refractivity contribution in [2.24, 2.45) is 0 Å². The zero-order valence-electron chi connectivity index (χ0n) is 15.6. The maximum Gasteiger partial charge on any atom is 0.161 e. The lowest BCUT2D eigenvalue weighted by atomic mass is 10.2. The first-order chi connectivity index (χ1) is 12.7. The van der Waals surface area contributed by atoms with Crippen LogP contribution in [0.15, 0.2) is 48.5 Å². The van der Waals surface area contributed by atoms with Crippen LogP contribution in [0.2, 0.25) is 0 Å². The van der Waals surface area contributed by atoms with Gasteiger partial charge in [0.1, 0.15) is 18.5 Å². The second kappa shape index (κ2) is 10.5. The van der Waals surface area contributed by atoms with Crippen molar-refractivity contribution < 1.29 is 19.3 Å². The molecule has 0 aliphatic rings. The SMILES string of the molecule is C/C=C/c1ccc(OCC(O)CNCc2ccc(OC)cc2)c(OC)c1. The smallest absolute Gasteiger partial charge is 0.161 e. The molecule has 2 rings (SSSR count). The van der Waals surface area contributed by atoms with Crippen molar-refractivity contribution in [3.05, 3.63) is 59.7 Å². The van der Waals surface area contributed by atoms with Crippen molar-refractivity contribution in [2.75, 3.05) is 27.4 Å². The molecule has 5 nitrogen and oxygen atoms in total. The summed E-state index contributed by atoms with van der Waals surface area (Å²) in [6.07, 6.45) is 3.34. The molecule has 0 saturated heterocycles. The van der Waals surface area contributed by atoms with Crippen LogP contribution in [0.3, 0.4) is 0 Å². The molecule has 0 heterocycles. The lowest BCUT2D eigenvalue weighted by molar-refractivity contribution is 0.104. The molecule has 0 amide bonds. The summed E-state index contributed by atoms with van der Waals surface area (Å²) in [4.78, 5) is 0. The van der Waals surface area contributed by atoms with E-state index in [4.69, 9.17) is 14.2 Å². The first kappa shape index (κ1) is 19.8. The predicted molar refractivity (Wildman–Crippen MR) is 104 cm³/mol. The Labute approximate surface area is 155 Å². The van der Waals surface area contributed by atoms with Crippen LogP contribution in [0.1, 0.15) is 18.1 Å². The maximum atomic E-state index is 10.1. The molecule has 1 atom stereocenters. The number of benzene rings is 2. The minimum atomic E-state index is -0.617. The van der Waals surface area contributed by atoms with Gasteiger partial charge in [-0.15, -0.1) is 0 Å². The van der Waals surface area contributed by atoms with Crippen LogP contribution >= 0.6 is 0 Å². The summed E-state index contributed by atoms with van der Waals surface area (Å²) in [6.45, 7) is 3.26. The molecule has 0 bridgehead atoms. The fraction of sp³-hybridized carbons (Fsp3) is 0.333. The minimum absolute atomic E-state index is 0.189. The summed E-state index contributed by atoms with van der Waals surface area (Å²) in [7, 11) is 3.25. The third-order valence-corrected chi connectivity index (χ3v) is 3.85. The van der Waals surface area contributed by atoms with Crippen LogP contribution in [0.4, 0.5) is 0 Å². The Balaban J connectivity index is 1.78. The Kier molecular flexibility index (Phi) is 7.99. The minimum Gasteiger partial charge on any atom is -0.497 e. The van der Waals surface area contributed by atoms with E-state index in [0.29, 0.717) is 24.6 Å². The largest absolute Gasteiger partial charge is 0.497 e. The number of nitrogens with one attached hydrogen (secondary N) is 1. The fourth-order valence-electron chi connectivity index (χ4n) is 2.47. The van der Waals surface area contributed by atoms with E-state index in [-0.39, 0.29) is 6.61 Å². The Bertz CT molecular complexity index is 698. The normalized spacial score (nSPS) is 12.2. The van der Waals surface area contributed by atoms with E-state index in [0.717, 1.165) is 16.9 Å². The van der Waals surface area contributed by atoms with Crippen molar-refractivity contribution >= 4 is 6.08 Å². The van der Waals surface area contributed by atoms with Gasteiger partial charge < -0.3 is 24.6 Å². The zero-order chi connectivity index (χ0) is 18.8. The molecule has 0 aliphatic heterocycles. The van der Waals surface area contributed by atoms with Crippen molar-refractivity contribution in [1.29, 1.82) is 0 Å². The molecule has 0 radical (unpaired) electrons. The van der Waals surface area contributed by atoms with Gasteiger partial charge in [0.05, 0.1) is 14.2 Å². The van der Waals surface area contributed by atoms with E-state index in [1.54, 1.807) is 14.2 Å². The van der Waals surface area contributed by atoms with Crippen LogP contribution in [-0.2, 0) is 6.54 Å². The Morgan fingerprint density at radius 3 is 2.46 bits per heavy atom. The van der Waals surface area contributed by atoms with Crippen LogP contribution in [-0.4, -0.2) is 38.6 Å². The van der Waals surface area contributed by atoms with Crippen LogP contribution in [0.5, 0.6) is 17.2 Å². The van der Waals surface area contributed by atoms with Crippen LogP contribution < -0.4 is 19.5 Å². The molecule has 1 unspecified atom stereocenters. The predicted octanol–water partition coefficient (Wildman–Crippen LogP) is 3.27. The first-order valence-corrected chi connectivity index (χ1v) is 8.61. The lowest BCUT2D eigenvalue weighted by Gasteiger charge is -2.15. The second-order valence-corrected chi connectivity index (χ2v) is 5.85. The Morgan fingerprint density at radius 1 is 1.04 bits per heavy atom. The van der Waals surface area contributed by atoms with Gasteiger partial charge >= 0.3 is 0 Å². The summed E-state index contributed by atoms with van der Waals surface area (Å²) in [5.74, 6) is 2.10. The number of aliphatic hydroxyl groups is 1. The number of rotatable bonds is 10. The topological polar surface area (TPSA) is 60.0 Å². The van der Waals surface area contributed by atoms with Crippen molar-refractivity contribution in [1.82, 2.24) is 5.32 Å².